The molecule has 1 fully saturated rings. The van der Waals surface area contributed by atoms with E-state index in [1.54, 1.807) is 0 Å². The highest BCUT2D eigenvalue weighted by atomic mass is 35.5. The van der Waals surface area contributed by atoms with Crippen LogP contribution in [0, 0.1) is 6.92 Å². The first kappa shape index (κ1) is 17.8. The molecular weight excluding hydrogens is 313 g/mol. The van der Waals surface area contributed by atoms with Gasteiger partial charge >= 0.3 is 0 Å². The molecule has 1 saturated heterocycles. The van der Waals surface area contributed by atoms with Crippen LogP contribution in [0.1, 0.15) is 25.2 Å². The van der Waals surface area contributed by atoms with E-state index in [1.165, 1.54) is 0 Å². The monoisotopic (exact) mass is 331 g/mol. The number of amides is 1. The molecule has 2 heterocycles. The van der Waals surface area contributed by atoms with Crippen molar-refractivity contribution in [2.45, 2.75) is 32.2 Å². The molecule has 1 atom stereocenters. The maximum Gasteiger partial charge on any atom is 0.241 e. The van der Waals surface area contributed by atoms with Crippen LogP contribution in [-0.2, 0) is 4.79 Å². The summed E-state index contributed by atoms with van der Waals surface area (Å²) in [6.07, 6.45) is 3.15. The summed E-state index contributed by atoms with van der Waals surface area (Å²) in [6.45, 7) is 2.72. The van der Waals surface area contributed by atoms with E-state index in [9.17, 15) is 4.79 Å². The van der Waals surface area contributed by atoms with Crippen molar-refractivity contribution in [2.75, 3.05) is 11.9 Å². The molecule has 1 aliphatic rings. The third kappa shape index (κ3) is 4.09. The summed E-state index contributed by atoms with van der Waals surface area (Å²) in [6, 6.07) is 5.44. The van der Waals surface area contributed by atoms with Crippen LogP contribution in [-0.4, -0.2) is 23.5 Å². The number of rotatable bonds is 2. The number of fused-ring (bicyclic) bond motifs is 1. The second kappa shape index (κ2) is 7.64. The summed E-state index contributed by atoms with van der Waals surface area (Å²) in [5.74, 6) is 0.655. The van der Waals surface area contributed by atoms with E-state index in [0.29, 0.717) is 11.5 Å². The van der Waals surface area contributed by atoms with E-state index in [2.05, 4.69) is 15.6 Å². The lowest BCUT2D eigenvalue weighted by Crippen LogP contribution is -2.43. The molecule has 1 aromatic carbocycles. The quantitative estimate of drug-likeness (QED) is 0.887. The zero-order chi connectivity index (χ0) is 13.2. The Labute approximate surface area is 135 Å². The standard InChI is InChI=1S/C14H17N3O2.2ClH/c1-9-16-11-6-5-10(8-13(11)19-9)17-14(18)12-4-2-3-7-15-12;;/h5-6,8,12,15H,2-4,7H2,1H3,(H,17,18);2*1H/t12-;;/m1../s1. The summed E-state index contributed by atoms with van der Waals surface area (Å²) in [7, 11) is 0. The number of piperidine rings is 1. The summed E-state index contributed by atoms with van der Waals surface area (Å²) < 4.78 is 5.46. The predicted molar refractivity (Wildman–Crippen MR) is 87.5 cm³/mol. The van der Waals surface area contributed by atoms with Gasteiger partial charge < -0.3 is 15.1 Å². The molecule has 0 unspecified atom stereocenters. The average Bonchev–Trinajstić information content (AvgIpc) is 2.79. The Morgan fingerprint density at radius 3 is 2.90 bits per heavy atom. The van der Waals surface area contributed by atoms with Gasteiger partial charge in [-0.15, -0.1) is 24.8 Å². The highest BCUT2D eigenvalue weighted by molar-refractivity contribution is 5.96. The van der Waals surface area contributed by atoms with E-state index in [-0.39, 0.29) is 36.8 Å². The third-order valence-electron chi connectivity index (χ3n) is 3.39. The fraction of sp³-hybridized carbons (Fsp3) is 0.429. The number of carbonyl (C=O) groups is 1. The van der Waals surface area contributed by atoms with E-state index in [1.807, 2.05) is 25.1 Å². The molecule has 1 aliphatic heterocycles. The van der Waals surface area contributed by atoms with Crippen molar-refractivity contribution >= 4 is 47.5 Å². The lowest BCUT2D eigenvalue weighted by molar-refractivity contribution is -0.118. The largest absolute Gasteiger partial charge is 0.441 e. The first-order chi connectivity index (χ1) is 9.22. The van der Waals surface area contributed by atoms with Crippen LogP contribution >= 0.6 is 24.8 Å². The smallest absolute Gasteiger partial charge is 0.241 e. The summed E-state index contributed by atoms with van der Waals surface area (Å²) in [4.78, 5) is 16.3. The first-order valence-electron chi connectivity index (χ1n) is 6.64. The number of nitrogens with one attached hydrogen (secondary N) is 2. The van der Waals surface area contributed by atoms with E-state index < -0.39 is 0 Å². The van der Waals surface area contributed by atoms with Crippen LogP contribution in [0.15, 0.2) is 22.6 Å². The normalized spacial score (nSPS) is 17.7. The SMILES string of the molecule is Cc1nc2ccc(NC(=O)[C@H]3CCCCN3)cc2o1.Cl.Cl. The molecule has 0 aliphatic carbocycles. The number of hydrogen-bond donors (Lipinski definition) is 2. The van der Waals surface area contributed by atoms with Crippen molar-refractivity contribution in [3.63, 3.8) is 0 Å². The van der Waals surface area contributed by atoms with Crippen molar-refractivity contribution in [3.05, 3.63) is 24.1 Å². The molecule has 7 heteroatoms. The van der Waals surface area contributed by atoms with Crippen LogP contribution in [0.4, 0.5) is 5.69 Å². The Hall–Kier alpha value is -1.30. The molecule has 1 amide bonds. The Morgan fingerprint density at radius 2 is 2.19 bits per heavy atom. The molecule has 0 spiro atoms. The number of carbonyl (C=O) groups excluding carboxylic acids is 1. The summed E-state index contributed by atoms with van der Waals surface area (Å²) in [5, 5.41) is 6.16. The van der Waals surface area contributed by atoms with Gasteiger partial charge in [0, 0.05) is 18.7 Å². The Balaban J connectivity index is 0.00000110. The molecule has 5 nitrogen and oxygen atoms in total. The summed E-state index contributed by atoms with van der Waals surface area (Å²) in [5.41, 5.74) is 2.26. The number of anilines is 1. The molecule has 0 bridgehead atoms. The molecule has 0 radical (unpaired) electrons. The van der Waals surface area contributed by atoms with Gasteiger partial charge in [-0.2, -0.15) is 0 Å². The maximum atomic E-state index is 12.1. The second-order valence-corrected chi connectivity index (χ2v) is 4.91. The van der Waals surface area contributed by atoms with Crippen molar-refractivity contribution in [2.24, 2.45) is 0 Å². The minimum Gasteiger partial charge on any atom is -0.441 e. The number of benzene rings is 1. The zero-order valence-corrected chi connectivity index (χ0v) is 13.4. The molecule has 0 saturated carbocycles. The number of oxazole rings is 1. The number of halogens is 2. The predicted octanol–water partition coefficient (Wildman–Crippen LogP) is 3.06. The fourth-order valence-corrected chi connectivity index (χ4v) is 2.42. The van der Waals surface area contributed by atoms with Gasteiger partial charge in [0.05, 0.1) is 6.04 Å². The van der Waals surface area contributed by atoms with Crippen molar-refractivity contribution in [1.82, 2.24) is 10.3 Å². The van der Waals surface area contributed by atoms with Crippen LogP contribution in [0.2, 0.25) is 0 Å². The van der Waals surface area contributed by atoms with E-state index >= 15 is 0 Å². The minimum absolute atomic E-state index is 0. The lowest BCUT2D eigenvalue weighted by Gasteiger charge is -2.22. The van der Waals surface area contributed by atoms with Crippen molar-refractivity contribution in [3.8, 4) is 0 Å². The van der Waals surface area contributed by atoms with Gasteiger partial charge in [0.1, 0.15) is 5.52 Å². The number of aromatic nitrogens is 1. The Bertz CT molecular complexity index is 609. The minimum atomic E-state index is -0.0825. The molecule has 2 N–H and O–H groups in total. The van der Waals surface area contributed by atoms with Gasteiger partial charge in [-0.05, 0) is 31.5 Å². The van der Waals surface area contributed by atoms with E-state index in [4.69, 9.17) is 4.42 Å². The van der Waals surface area contributed by atoms with Crippen LogP contribution in [0.3, 0.4) is 0 Å². The zero-order valence-electron chi connectivity index (χ0n) is 11.7. The molecule has 116 valence electrons. The van der Waals surface area contributed by atoms with Crippen LogP contribution < -0.4 is 10.6 Å². The van der Waals surface area contributed by atoms with Gasteiger partial charge in [-0.25, -0.2) is 4.98 Å². The van der Waals surface area contributed by atoms with Gasteiger partial charge in [0.15, 0.2) is 11.5 Å². The van der Waals surface area contributed by atoms with Crippen molar-refractivity contribution in [1.29, 1.82) is 0 Å². The average molecular weight is 332 g/mol. The molecule has 2 aromatic rings. The Kier molecular flexibility index (Phi) is 6.45. The van der Waals surface area contributed by atoms with E-state index in [0.717, 1.165) is 37.0 Å². The fourth-order valence-electron chi connectivity index (χ4n) is 2.42. The topological polar surface area (TPSA) is 67.2 Å². The van der Waals surface area contributed by atoms with Gasteiger partial charge in [-0.3, -0.25) is 4.79 Å². The third-order valence-corrected chi connectivity index (χ3v) is 3.39. The van der Waals surface area contributed by atoms with Crippen LogP contribution in [0.5, 0.6) is 0 Å². The number of aryl methyl sites for hydroxylation is 1. The summed E-state index contributed by atoms with van der Waals surface area (Å²) >= 11 is 0. The second-order valence-electron chi connectivity index (χ2n) is 4.91. The molecule has 21 heavy (non-hydrogen) atoms. The van der Waals surface area contributed by atoms with Crippen molar-refractivity contribution < 1.29 is 9.21 Å². The number of hydrogen-bond acceptors (Lipinski definition) is 4. The highest BCUT2D eigenvalue weighted by Gasteiger charge is 2.20. The first-order valence-corrected chi connectivity index (χ1v) is 6.64. The van der Waals surface area contributed by atoms with Gasteiger partial charge in [0.25, 0.3) is 0 Å². The number of nitrogens with zero attached hydrogens (tertiary/aromatic N) is 1. The maximum absolute atomic E-state index is 12.1. The Morgan fingerprint density at radius 1 is 1.38 bits per heavy atom. The van der Waals surface area contributed by atoms with Gasteiger partial charge in [-0.1, -0.05) is 6.42 Å². The van der Waals surface area contributed by atoms with Crippen LogP contribution in [0.25, 0.3) is 11.1 Å². The molecule has 3 rings (SSSR count). The van der Waals surface area contributed by atoms with Gasteiger partial charge in [0.2, 0.25) is 5.91 Å². The highest BCUT2D eigenvalue weighted by Crippen LogP contribution is 2.20. The molecular formula is C14H19Cl2N3O2. The lowest BCUT2D eigenvalue weighted by atomic mass is 10.0. The molecule has 1 aromatic heterocycles.